The van der Waals surface area contributed by atoms with Gasteiger partial charge in [0.05, 0.1) is 0 Å². The van der Waals surface area contributed by atoms with Crippen LogP contribution < -0.4 is 5.32 Å². The Labute approximate surface area is 97.8 Å². The first-order valence-electron chi connectivity index (χ1n) is 5.40. The van der Waals surface area contributed by atoms with E-state index in [1.165, 1.54) is 22.3 Å². The summed E-state index contributed by atoms with van der Waals surface area (Å²) in [7, 11) is 0. The summed E-state index contributed by atoms with van der Waals surface area (Å²) in [5.41, 5.74) is 5.46. The van der Waals surface area contributed by atoms with E-state index in [0.29, 0.717) is 11.9 Å². The van der Waals surface area contributed by atoms with Gasteiger partial charge < -0.3 is 5.32 Å². The van der Waals surface area contributed by atoms with E-state index in [1.807, 2.05) is 0 Å². The molecule has 1 unspecified atom stereocenters. The molecule has 0 aliphatic rings. The topological polar surface area (TPSA) is 12.0 Å². The predicted molar refractivity (Wildman–Crippen MR) is 67.7 cm³/mol. The van der Waals surface area contributed by atoms with Gasteiger partial charge in [0.25, 0.3) is 0 Å². The fraction of sp³-hybridized carbons (Fsp3) is 0.538. The Kier molecular flexibility index (Phi) is 4.62. The van der Waals surface area contributed by atoms with Crippen LogP contribution in [0.4, 0.5) is 0 Å². The highest BCUT2D eigenvalue weighted by Crippen LogP contribution is 2.16. The second-order valence-corrected chi connectivity index (χ2v) is 4.62. The molecule has 0 radical (unpaired) electrons. The number of rotatable bonds is 4. The second kappa shape index (κ2) is 5.53. The number of alkyl halides is 1. The van der Waals surface area contributed by atoms with Gasteiger partial charge in [-0.15, -0.1) is 11.6 Å². The third-order valence-electron chi connectivity index (χ3n) is 2.70. The molecular formula is C13H20ClN. The summed E-state index contributed by atoms with van der Waals surface area (Å²) in [6, 6.07) is 4.83. The highest BCUT2D eigenvalue weighted by atomic mass is 35.5. The fourth-order valence-electron chi connectivity index (χ4n) is 1.82. The molecule has 0 spiro atoms. The van der Waals surface area contributed by atoms with Gasteiger partial charge in [-0.3, -0.25) is 0 Å². The Morgan fingerprint density at radius 2 is 1.73 bits per heavy atom. The minimum atomic E-state index is 0.367. The van der Waals surface area contributed by atoms with Gasteiger partial charge >= 0.3 is 0 Å². The molecule has 15 heavy (non-hydrogen) atoms. The first-order valence-corrected chi connectivity index (χ1v) is 5.94. The zero-order valence-corrected chi connectivity index (χ0v) is 10.8. The van der Waals surface area contributed by atoms with Crippen molar-refractivity contribution in [2.24, 2.45) is 0 Å². The van der Waals surface area contributed by atoms with Crippen molar-refractivity contribution < 1.29 is 0 Å². The molecule has 1 atom stereocenters. The predicted octanol–water partition coefficient (Wildman–Crippen LogP) is 3.33. The maximum atomic E-state index is 5.76. The van der Waals surface area contributed by atoms with Crippen LogP contribution in [0, 0.1) is 20.8 Å². The van der Waals surface area contributed by atoms with E-state index in [0.717, 1.165) is 6.54 Å². The van der Waals surface area contributed by atoms with E-state index in [1.54, 1.807) is 0 Å². The minimum absolute atomic E-state index is 0.367. The van der Waals surface area contributed by atoms with Crippen LogP contribution in [0.3, 0.4) is 0 Å². The van der Waals surface area contributed by atoms with Crippen LogP contribution in [0.25, 0.3) is 0 Å². The summed E-state index contributed by atoms with van der Waals surface area (Å²) in [4.78, 5) is 0. The lowest BCUT2D eigenvalue weighted by Crippen LogP contribution is -2.27. The van der Waals surface area contributed by atoms with E-state index in [4.69, 9.17) is 11.6 Å². The van der Waals surface area contributed by atoms with E-state index >= 15 is 0 Å². The van der Waals surface area contributed by atoms with Crippen molar-refractivity contribution >= 4 is 11.6 Å². The average molecular weight is 226 g/mol. The SMILES string of the molecule is Cc1cc(C)c(CNC(C)CCl)c(C)c1. The van der Waals surface area contributed by atoms with Crippen molar-refractivity contribution in [1.82, 2.24) is 5.32 Å². The van der Waals surface area contributed by atoms with Gasteiger partial charge in [-0.05, 0) is 44.4 Å². The van der Waals surface area contributed by atoms with Crippen LogP contribution in [-0.4, -0.2) is 11.9 Å². The molecule has 1 nitrogen and oxygen atoms in total. The monoisotopic (exact) mass is 225 g/mol. The average Bonchev–Trinajstić information content (AvgIpc) is 2.15. The van der Waals surface area contributed by atoms with Crippen molar-refractivity contribution in [3.63, 3.8) is 0 Å². The quantitative estimate of drug-likeness (QED) is 0.776. The summed E-state index contributed by atoms with van der Waals surface area (Å²) in [5, 5.41) is 3.42. The van der Waals surface area contributed by atoms with E-state index in [9.17, 15) is 0 Å². The van der Waals surface area contributed by atoms with Gasteiger partial charge in [0.2, 0.25) is 0 Å². The largest absolute Gasteiger partial charge is 0.309 e. The molecule has 1 rings (SSSR count). The van der Waals surface area contributed by atoms with Gasteiger partial charge in [-0.1, -0.05) is 17.7 Å². The van der Waals surface area contributed by atoms with Crippen LogP contribution >= 0.6 is 11.6 Å². The molecule has 0 amide bonds. The van der Waals surface area contributed by atoms with Crippen molar-refractivity contribution in [3.8, 4) is 0 Å². The number of hydrogen-bond donors (Lipinski definition) is 1. The molecule has 1 aromatic rings. The molecule has 1 aromatic carbocycles. The second-order valence-electron chi connectivity index (χ2n) is 4.31. The lowest BCUT2D eigenvalue weighted by Gasteiger charge is -2.15. The van der Waals surface area contributed by atoms with Gasteiger partial charge in [0.1, 0.15) is 0 Å². The number of benzene rings is 1. The van der Waals surface area contributed by atoms with Crippen LogP contribution in [0.15, 0.2) is 12.1 Å². The molecule has 2 heteroatoms. The fourth-order valence-corrected chi connectivity index (χ4v) is 1.93. The first kappa shape index (κ1) is 12.5. The van der Waals surface area contributed by atoms with Crippen LogP contribution in [0.2, 0.25) is 0 Å². The van der Waals surface area contributed by atoms with Crippen molar-refractivity contribution in [1.29, 1.82) is 0 Å². The lowest BCUT2D eigenvalue weighted by molar-refractivity contribution is 0.590. The summed E-state index contributed by atoms with van der Waals surface area (Å²) < 4.78 is 0. The molecule has 0 aromatic heterocycles. The first-order chi connectivity index (χ1) is 7.04. The normalized spacial score (nSPS) is 12.9. The van der Waals surface area contributed by atoms with Gasteiger partial charge in [0, 0.05) is 18.5 Å². The maximum Gasteiger partial charge on any atom is 0.0374 e. The molecule has 0 saturated carbocycles. The van der Waals surface area contributed by atoms with Gasteiger partial charge in [0.15, 0.2) is 0 Å². The molecule has 0 fully saturated rings. The Morgan fingerprint density at radius 3 is 2.20 bits per heavy atom. The smallest absolute Gasteiger partial charge is 0.0374 e. The Bertz CT molecular complexity index is 310. The lowest BCUT2D eigenvalue weighted by atomic mass is 10.00. The number of halogens is 1. The third-order valence-corrected chi connectivity index (χ3v) is 3.16. The zero-order chi connectivity index (χ0) is 11.4. The molecule has 1 N–H and O–H groups in total. The number of aryl methyl sites for hydroxylation is 3. The van der Waals surface area contributed by atoms with Gasteiger partial charge in [-0.25, -0.2) is 0 Å². The standard InChI is InChI=1S/C13H20ClN/c1-9-5-10(2)13(11(3)6-9)8-15-12(4)7-14/h5-6,12,15H,7-8H2,1-4H3. The third kappa shape index (κ3) is 3.51. The summed E-state index contributed by atoms with van der Waals surface area (Å²) in [6.45, 7) is 9.49. The zero-order valence-electron chi connectivity index (χ0n) is 10.0. The summed E-state index contributed by atoms with van der Waals surface area (Å²) >= 11 is 5.76. The molecule has 0 aliphatic heterocycles. The molecule has 0 bridgehead atoms. The maximum absolute atomic E-state index is 5.76. The highest BCUT2D eigenvalue weighted by Gasteiger charge is 2.05. The van der Waals surface area contributed by atoms with Gasteiger partial charge in [-0.2, -0.15) is 0 Å². The number of hydrogen-bond acceptors (Lipinski definition) is 1. The van der Waals surface area contributed by atoms with Crippen molar-refractivity contribution in [3.05, 3.63) is 34.4 Å². The molecule has 0 saturated heterocycles. The minimum Gasteiger partial charge on any atom is -0.309 e. The highest BCUT2D eigenvalue weighted by molar-refractivity contribution is 6.18. The molecular weight excluding hydrogens is 206 g/mol. The Balaban J connectivity index is 2.77. The molecule has 0 aliphatic carbocycles. The van der Waals surface area contributed by atoms with E-state index in [2.05, 4.69) is 45.1 Å². The Morgan fingerprint density at radius 1 is 1.20 bits per heavy atom. The number of nitrogens with one attached hydrogen (secondary N) is 1. The summed E-state index contributed by atoms with van der Waals surface area (Å²) in [6.07, 6.45) is 0. The van der Waals surface area contributed by atoms with Crippen LogP contribution in [-0.2, 0) is 6.54 Å². The Hall–Kier alpha value is -0.530. The van der Waals surface area contributed by atoms with Crippen molar-refractivity contribution in [2.45, 2.75) is 40.3 Å². The van der Waals surface area contributed by atoms with Crippen LogP contribution in [0.1, 0.15) is 29.2 Å². The summed E-state index contributed by atoms with van der Waals surface area (Å²) in [5.74, 6) is 0.657. The van der Waals surface area contributed by atoms with Crippen molar-refractivity contribution in [2.75, 3.05) is 5.88 Å². The van der Waals surface area contributed by atoms with E-state index < -0.39 is 0 Å². The van der Waals surface area contributed by atoms with Crippen LogP contribution in [0.5, 0.6) is 0 Å². The van der Waals surface area contributed by atoms with E-state index in [-0.39, 0.29) is 0 Å². The molecule has 0 heterocycles. The molecule has 84 valence electrons.